The van der Waals surface area contributed by atoms with Crippen LogP contribution in [0.15, 0.2) is 97.3 Å². The zero-order valence-corrected chi connectivity index (χ0v) is 29.6. The molecular formula is C41H51N5O4. The molecule has 2 aliphatic rings. The van der Waals surface area contributed by atoms with Gasteiger partial charge >= 0.3 is 6.09 Å². The quantitative estimate of drug-likeness (QED) is 0.178. The second-order valence-corrected chi connectivity index (χ2v) is 14.8. The summed E-state index contributed by atoms with van der Waals surface area (Å²) in [4.78, 5) is 36.3. The van der Waals surface area contributed by atoms with E-state index in [0.29, 0.717) is 51.1 Å². The molecule has 1 aliphatic heterocycles. The standard InChI is InChI=1S/C41H51N5O4/c1-40(2,3)50-39(48)44-25-26-45(34(29-44)27-31-15-7-4-8-16-31)38(47)36-37(33-19-11-6-12-20-33)46(30-43-36)35-21-13-14-22-41(35,49)23-24-42-28-32-17-9-5-10-18-32/h4-12,15-20,30,34-35,42,49H,13-14,21-29H2,1-3H3/t34-,35+,41?/m1/s1. The molecule has 1 unspecified atom stereocenters. The van der Waals surface area contributed by atoms with Crippen molar-refractivity contribution in [3.05, 3.63) is 114 Å². The van der Waals surface area contributed by atoms with E-state index >= 15 is 0 Å². The number of imidazole rings is 1. The third-order valence-corrected chi connectivity index (χ3v) is 9.95. The summed E-state index contributed by atoms with van der Waals surface area (Å²) in [6.07, 6.45) is 6.00. The normalized spacial score (nSPS) is 21.2. The van der Waals surface area contributed by atoms with E-state index < -0.39 is 11.2 Å². The first-order valence-corrected chi connectivity index (χ1v) is 18.0. The third-order valence-electron chi connectivity index (χ3n) is 9.95. The van der Waals surface area contributed by atoms with Crippen molar-refractivity contribution < 1.29 is 19.4 Å². The lowest BCUT2D eigenvalue weighted by Gasteiger charge is -2.42. The van der Waals surface area contributed by atoms with Crippen molar-refractivity contribution in [3.63, 3.8) is 0 Å². The van der Waals surface area contributed by atoms with Gasteiger partial charge in [-0.2, -0.15) is 0 Å². The van der Waals surface area contributed by atoms with E-state index in [4.69, 9.17) is 9.72 Å². The molecule has 2 fully saturated rings. The number of hydrogen-bond donors (Lipinski definition) is 2. The summed E-state index contributed by atoms with van der Waals surface area (Å²) in [6, 6.07) is 29.8. The number of aliphatic hydroxyl groups is 1. The van der Waals surface area contributed by atoms with Crippen LogP contribution in [0.25, 0.3) is 11.3 Å². The first-order chi connectivity index (χ1) is 24.1. The monoisotopic (exact) mass is 677 g/mol. The molecule has 6 rings (SSSR count). The Kier molecular flexibility index (Phi) is 11.0. The molecule has 0 radical (unpaired) electrons. The number of amides is 2. The van der Waals surface area contributed by atoms with Gasteiger partial charge in [-0.1, -0.05) is 104 Å². The Labute approximate surface area is 296 Å². The maximum absolute atomic E-state index is 14.7. The van der Waals surface area contributed by atoms with Crippen LogP contribution in [0.3, 0.4) is 0 Å². The number of piperazine rings is 1. The van der Waals surface area contributed by atoms with Crippen LogP contribution in [0, 0.1) is 0 Å². The highest BCUT2D eigenvalue weighted by Crippen LogP contribution is 2.42. The Balaban J connectivity index is 1.29. The highest BCUT2D eigenvalue weighted by atomic mass is 16.6. The number of carbonyl (C=O) groups excluding carboxylic acids is 2. The summed E-state index contributed by atoms with van der Waals surface area (Å²) in [5, 5.41) is 15.8. The van der Waals surface area contributed by atoms with Gasteiger partial charge in [0.05, 0.1) is 29.7 Å². The Bertz CT molecular complexity index is 1710. The number of benzene rings is 3. The van der Waals surface area contributed by atoms with E-state index in [2.05, 4.69) is 34.1 Å². The number of ether oxygens (including phenoxy) is 1. The number of carbonyl (C=O) groups is 2. The molecule has 1 aliphatic carbocycles. The van der Waals surface area contributed by atoms with Crippen LogP contribution in [-0.2, 0) is 17.7 Å². The van der Waals surface area contributed by atoms with Crippen LogP contribution in [0.4, 0.5) is 4.79 Å². The van der Waals surface area contributed by atoms with Gasteiger partial charge in [0.25, 0.3) is 5.91 Å². The van der Waals surface area contributed by atoms with Gasteiger partial charge in [0, 0.05) is 31.7 Å². The van der Waals surface area contributed by atoms with Crippen molar-refractivity contribution in [2.75, 3.05) is 26.2 Å². The van der Waals surface area contributed by atoms with Crippen LogP contribution in [0.2, 0.25) is 0 Å². The number of nitrogens with zero attached hydrogens (tertiary/aromatic N) is 4. The Hall–Kier alpha value is -4.47. The second kappa shape index (κ2) is 15.6. The largest absolute Gasteiger partial charge is 0.444 e. The fourth-order valence-electron chi connectivity index (χ4n) is 7.47. The number of nitrogens with one attached hydrogen (secondary N) is 1. The Morgan fingerprint density at radius 3 is 2.26 bits per heavy atom. The van der Waals surface area contributed by atoms with E-state index in [1.54, 1.807) is 11.2 Å². The van der Waals surface area contributed by atoms with E-state index in [9.17, 15) is 14.7 Å². The van der Waals surface area contributed by atoms with Crippen molar-refractivity contribution in [1.29, 1.82) is 0 Å². The second-order valence-electron chi connectivity index (χ2n) is 14.8. The van der Waals surface area contributed by atoms with Crippen LogP contribution in [-0.4, -0.2) is 79.9 Å². The highest BCUT2D eigenvalue weighted by Gasteiger charge is 2.42. The van der Waals surface area contributed by atoms with E-state index in [1.807, 2.05) is 92.4 Å². The number of rotatable bonds is 10. The minimum atomic E-state index is -0.957. The fourth-order valence-corrected chi connectivity index (χ4v) is 7.47. The van der Waals surface area contributed by atoms with E-state index in [0.717, 1.165) is 42.6 Å². The molecule has 50 heavy (non-hydrogen) atoms. The minimum Gasteiger partial charge on any atom is -0.444 e. The molecule has 0 bridgehead atoms. The van der Waals surface area contributed by atoms with Gasteiger partial charge in [-0.3, -0.25) is 4.79 Å². The molecule has 4 aromatic rings. The molecule has 1 saturated heterocycles. The van der Waals surface area contributed by atoms with Crippen LogP contribution >= 0.6 is 0 Å². The van der Waals surface area contributed by atoms with Gasteiger partial charge in [-0.15, -0.1) is 0 Å². The van der Waals surface area contributed by atoms with Crippen molar-refractivity contribution in [3.8, 4) is 11.3 Å². The number of hydrogen-bond acceptors (Lipinski definition) is 6. The summed E-state index contributed by atoms with van der Waals surface area (Å²) in [6.45, 7) is 8.09. The van der Waals surface area contributed by atoms with Crippen molar-refractivity contribution >= 4 is 12.0 Å². The molecule has 1 saturated carbocycles. The third kappa shape index (κ3) is 8.45. The lowest BCUT2D eigenvalue weighted by atomic mass is 9.77. The maximum atomic E-state index is 14.7. The van der Waals surface area contributed by atoms with Crippen molar-refractivity contribution in [2.45, 2.75) is 89.1 Å². The molecule has 1 aromatic heterocycles. The topological polar surface area (TPSA) is 99.9 Å². The molecule has 2 amide bonds. The zero-order chi connectivity index (χ0) is 35.1. The van der Waals surface area contributed by atoms with Crippen LogP contribution < -0.4 is 5.32 Å². The first-order valence-electron chi connectivity index (χ1n) is 18.0. The summed E-state index contributed by atoms with van der Waals surface area (Å²) < 4.78 is 7.79. The highest BCUT2D eigenvalue weighted by molar-refractivity contribution is 5.98. The first kappa shape index (κ1) is 35.4. The van der Waals surface area contributed by atoms with Gasteiger partial charge < -0.3 is 29.5 Å². The van der Waals surface area contributed by atoms with Gasteiger partial charge in [-0.25, -0.2) is 9.78 Å². The molecule has 3 atom stereocenters. The molecule has 3 aromatic carbocycles. The average molecular weight is 678 g/mol. The molecule has 9 nitrogen and oxygen atoms in total. The molecule has 0 spiro atoms. The SMILES string of the molecule is CC(C)(C)OC(=O)N1CCN(C(=O)c2ncn([C@H]3CCCCC3(O)CCNCc3ccccc3)c2-c2ccccc2)[C@H](Cc2ccccc2)C1. The molecular weight excluding hydrogens is 626 g/mol. The molecule has 2 heterocycles. The Morgan fingerprint density at radius 1 is 0.920 bits per heavy atom. The van der Waals surface area contributed by atoms with Crippen LogP contribution in [0.5, 0.6) is 0 Å². The predicted octanol–water partition coefficient (Wildman–Crippen LogP) is 6.88. The fraction of sp³-hybridized carbons (Fsp3) is 0.439. The predicted molar refractivity (Wildman–Crippen MR) is 196 cm³/mol. The average Bonchev–Trinajstić information content (AvgIpc) is 3.55. The lowest BCUT2D eigenvalue weighted by molar-refractivity contribution is -0.0472. The molecule has 264 valence electrons. The molecule has 9 heteroatoms. The summed E-state index contributed by atoms with van der Waals surface area (Å²) in [5.74, 6) is -0.170. The zero-order valence-electron chi connectivity index (χ0n) is 29.6. The smallest absolute Gasteiger partial charge is 0.410 e. The van der Waals surface area contributed by atoms with Gasteiger partial charge in [-0.05, 0) is 64.1 Å². The van der Waals surface area contributed by atoms with Gasteiger partial charge in [0.1, 0.15) is 5.60 Å². The minimum absolute atomic E-state index is 0.170. The van der Waals surface area contributed by atoms with Crippen molar-refractivity contribution in [2.24, 2.45) is 0 Å². The molecule has 2 N–H and O–H groups in total. The lowest BCUT2D eigenvalue weighted by Crippen LogP contribution is -2.58. The number of aromatic nitrogens is 2. The maximum Gasteiger partial charge on any atom is 0.410 e. The summed E-state index contributed by atoms with van der Waals surface area (Å²) >= 11 is 0. The summed E-state index contributed by atoms with van der Waals surface area (Å²) in [5.41, 5.74) is 2.71. The van der Waals surface area contributed by atoms with Gasteiger partial charge in [0.15, 0.2) is 5.69 Å². The van der Waals surface area contributed by atoms with E-state index in [1.165, 1.54) is 5.56 Å². The summed E-state index contributed by atoms with van der Waals surface area (Å²) in [7, 11) is 0. The van der Waals surface area contributed by atoms with Gasteiger partial charge in [0.2, 0.25) is 0 Å². The van der Waals surface area contributed by atoms with E-state index in [-0.39, 0.29) is 24.1 Å². The van der Waals surface area contributed by atoms with Crippen LogP contribution in [0.1, 0.15) is 80.5 Å². The van der Waals surface area contributed by atoms with Crippen molar-refractivity contribution in [1.82, 2.24) is 24.7 Å². The Morgan fingerprint density at radius 2 is 1.58 bits per heavy atom.